The molecule has 0 saturated carbocycles. The smallest absolute Gasteiger partial charge is 0.436 e. The molecule has 1 aromatic heterocycles. The van der Waals surface area contributed by atoms with Crippen LogP contribution in [0, 0.1) is 0 Å². The molecule has 0 amide bonds. The van der Waals surface area contributed by atoms with Crippen molar-refractivity contribution in [3.63, 3.8) is 0 Å². The number of ether oxygens (including phenoxy) is 1. The number of carbonyl (C=O) groups is 1. The molecule has 11 heteroatoms. The average molecular weight is 321 g/mol. The number of esters is 1. The van der Waals surface area contributed by atoms with Gasteiger partial charge in [-0.15, -0.1) is 0 Å². The minimum Gasteiger partial charge on any atom is -0.462 e. The van der Waals surface area contributed by atoms with Crippen molar-refractivity contribution in [3.05, 3.63) is 11.3 Å². The standard InChI is InChI=1S/C8H8ClF3N2O4S/c1-3-18-7(15)4-5(8(10,11)12)13-14(2)6(4)19(9,16)17/h3H2,1-2H3. The monoisotopic (exact) mass is 320 g/mol. The fraction of sp³-hybridized carbons (Fsp3) is 0.500. The van der Waals surface area contributed by atoms with E-state index in [-0.39, 0.29) is 6.61 Å². The summed E-state index contributed by atoms with van der Waals surface area (Å²) in [5, 5.41) is 1.92. The van der Waals surface area contributed by atoms with E-state index < -0.39 is 37.5 Å². The van der Waals surface area contributed by atoms with Gasteiger partial charge in [0.15, 0.2) is 10.7 Å². The van der Waals surface area contributed by atoms with Gasteiger partial charge in [0.1, 0.15) is 5.56 Å². The second-order valence-corrected chi connectivity index (χ2v) is 5.79. The molecule has 108 valence electrons. The molecule has 0 aliphatic heterocycles. The molecule has 19 heavy (non-hydrogen) atoms. The van der Waals surface area contributed by atoms with Gasteiger partial charge >= 0.3 is 12.1 Å². The Labute approximate surface area is 110 Å². The van der Waals surface area contributed by atoms with E-state index in [1.165, 1.54) is 6.92 Å². The summed E-state index contributed by atoms with van der Waals surface area (Å²) < 4.78 is 65.4. The third kappa shape index (κ3) is 3.18. The van der Waals surface area contributed by atoms with E-state index in [1.807, 2.05) is 0 Å². The Morgan fingerprint density at radius 1 is 1.47 bits per heavy atom. The summed E-state index contributed by atoms with van der Waals surface area (Å²) in [5.74, 6) is -1.46. The number of rotatable bonds is 3. The quantitative estimate of drug-likeness (QED) is 0.623. The Balaban J connectivity index is 3.67. The van der Waals surface area contributed by atoms with Crippen molar-refractivity contribution in [1.82, 2.24) is 9.78 Å². The fourth-order valence-corrected chi connectivity index (χ4v) is 2.69. The van der Waals surface area contributed by atoms with Crippen LogP contribution >= 0.6 is 10.7 Å². The third-order valence-corrected chi connectivity index (χ3v) is 3.34. The Hall–Kier alpha value is -1.29. The lowest BCUT2D eigenvalue weighted by Crippen LogP contribution is -2.16. The maximum atomic E-state index is 12.7. The molecule has 0 spiro atoms. The van der Waals surface area contributed by atoms with E-state index in [2.05, 4.69) is 9.84 Å². The Morgan fingerprint density at radius 3 is 2.37 bits per heavy atom. The number of hydrogen-bond donors (Lipinski definition) is 0. The van der Waals surface area contributed by atoms with Gasteiger partial charge in [-0.3, -0.25) is 4.68 Å². The van der Waals surface area contributed by atoms with Crippen molar-refractivity contribution in [2.45, 2.75) is 18.1 Å². The molecular weight excluding hydrogens is 313 g/mol. The normalized spacial score (nSPS) is 12.5. The molecule has 6 nitrogen and oxygen atoms in total. The number of carbonyl (C=O) groups excluding carboxylic acids is 1. The van der Waals surface area contributed by atoms with Crippen LogP contribution in [0.15, 0.2) is 5.03 Å². The summed E-state index contributed by atoms with van der Waals surface area (Å²) in [4.78, 5) is 11.5. The molecule has 0 bridgehead atoms. The third-order valence-electron chi connectivity index (χ3n) is 1.97. The van der Waals surface area contributed by atoms with Crippen molar-refractivity contribution < 1.29 is 31.1 Å². The first kappa shape index (κ1) is 15.8. The molecule has 0 aliphatic rings. The molecular formula is C8H8ClF3N2O4S. The SMILES string of the molecule is CCOC(=O)c1c(C(F)(F)F)nn(C)c1S(=O)(=O)Cl. The van der Waals surface area contributed by atoms with Crippen molar-refractivity contribution >= 4 is 25.7 Å². The number of hydrogen-bond acceptors (Lipinski definition) is 5. The zero-order chi connectivity index (χ0) is 15.0. The van der Waals surface area contributed by atoms with Gasteiger partial charge < -0.3 is 4.74 Å². The number of nitrogens with zero attached hydrogens (tertiary/aromatic N) is 2. The van der Waals surface area contributed by atoms with Gasteiger partial charge in [-0.2, -0.15) is 18.3 Å². The van der Waals surface area contributed by atoms with E-state index in [4.69, 9.17) is 10.7 Å². The lowest BCUT2D eigenvalue weighted by atomic mass is 10.2. The summed E-state index contributed by atoms with van der Waals surface area (Å²) in [5.41, 5.74) is -2.88. The molecule has 1 aromatic rings. The van der Waals surface area contributed by atoms with Crippen LogP contribution in [-0.4, -0.2) is 30.8 Å². The highest BCUT2D eigenvalue weighted by molar-refractivity contribution is 8.13. The molecule has 0 aromatic carbocycles. The molecule has 0 radical (unpaired) electrons. The molecule has 0 aliphatic carbocycles. The first-order chi connectivity index (χ1) is 8.50. The van der Waals surface area contributed by atoms with Gasteiger partial charge in [-0.25, -0.2) is 13.2 Å². The van der Waals surface area contributed by atoms with E-state index in [0.717, 1.165) is 7.05 Å². The van der Waals surface area contributed by atoms with Crippen molar-refractivity contribution in [1.29, 1.82) is 0 Å². The van der Waals surface area contributed by atoms with Crippen molar-refractivity contribution in [2.75, 3.05) is 6.61 Å². The molecule has 1 rings (SSSR count). The van der Waals surface area contributed by atoms with Crippen LogP contribution in [0.5, 0.6) is 0 Å². The number of aryl methyl sites for hydroxylation is 1. The number of halogens is 4. The molecule has 0 fully saturated rings. The van der Waals surface area contributed by atoms with Gasteiger partial charge in [0.2, 0.25) is 0 Å². The zero-order valence-electron chi connectivity index (χ0n) is 9.65. The minimum atomic E-state index is -5.01. The summed E-state index contributed by atoms with van der Waals surface area (Å²) in [7, 11) is 1.34. The van der Waals surface area contributed by atoms with Gasteiger partial charge in [0, 0.05) is 17.7 Å². The van der Waals surface area contributed by atoms with Crippen molar-refractivity contribution in [2.24, 2.45) is 7.05 Å². The number of aromatic nitrogens is 2. The van der Waals surface area contributed by atoms with Gasteiger partial charge in [-0.05, 0) is 6.92 Å². The first-order valence-electron chi connectivity index (χ1n) is 4.76. The molecule has 0 atom stereocenters. The lowest BCUT2D eigenvalue weighted by molar-refractivity contribution is -0.142. The molecule has 0 saturated heterocycles. The predicted octanol–water partition coefficient (Wildman–Crippen LogP) is 1.54. The van der Waals surface area contributed by atoms with E-state index in [1.54, 1.807) is 0 Å². The summed E-state index contributed by atoms with van der Waals surface area (Å²) >= 11 is 0. The van der Waals surface area contributed by atoms with Gasteiger partial charge in [0.25, 0.3) is 9.05 Å². The van der Waals surface area contributed by atoms with E-state index in [0.29, 0.717) is 4.68 Å². The summed E-state index contributed by atoms with van der Waals surface area (Å²) in [6, 6.07) is 0. The van der Waals surface area contributed by atoms with Crippen LogP contribution in [0.25, 0.3) is 0 Å². The average Bonchev–Trinajstić information content (AvgIpc) is 2.55. The first-order valence-corrected chi connectivity index (χ1v) is 7.07. The fourth-order valence-electron chi connectivity index (χ4n) is 1.37. The summed E-state index contributed by atoms with van der Waals surface area (Å²) in [6.45, 7) is 1.13. The van der Waals surface area contributed by atoms with Crippen LogP contribution in [0.2, 0.25) is 0 Å². The van der Waals surface area contributed by atoms with Gasteiger partial charge in [0.05, 0.1) is 6.61 Å². The highest BCUT2D eigenvalue weighted by Gasteiger charge is 2.44. The second kappa shape index (κ2) is 5.00. The Kier molecular flexibility index (Phi) is 4.15. The Bertz CT molecular complexity index is 608. The van der Waals surface area contributed by atoms with E-state index in [9.17, 15) is 26.4 Å². The second-order valence-electron chi connectivity index (χ2n) is 3.31. The van der Waals surface area contributed by atoms with Gasteiger partial charge in [-0.1, -0.05) is 0 Å². The Morgan fingerprint density at radius 2 is 2.00 bits per heavy atom. The van der Waals surface area contributed by atoms with Crippen molar-refractivity contribution in [3.8, 4) is 0 Å². The maximum Gasteiger partial charge on any atom is 0.436 e. The molecule has 0 unspecified atom stereocenters. The zero-order valence-corrected chi connectivity index (χ0v) is 11.2. The van der Waals surface area contributed by atoms with E-state index >= 15 is 0 Å². The van der Waals surface area contributed by atoms with Crippen LogP contribution in [-0.2, 0) is 27.0 Å². The highest BCUT2D eigenvalue weighted by atomic mass is 35.7. The topological polar surface area (TPSA) is 78.3 Å². The van der Waals surface area contributed by atoms with Crippen LogP contribution < -0.4 is 0 Å². The largest absolute Gasteiger partial charge is 0.462 e. The highest BCUT2D eigenvalue weighted by Crippen LogP contribution is 2.35. The minimum absolute atomic E-state index is 0.229. The maximum absolute atomic E-state index is 12.7. The molecule has 1 heterocycles. The predicted molar refractivity (Wildman–Crippen MR) is 57.2 cm³/mol. The lowest BCUT2D eigenvalue weighted by Gasteiger charge is -2.06. The molecule has 0 N–H and O–H groups in total. The number of alkyl halides is 3. The van der Waals surface area contributed by atoms with Crippen LogP contribution in [0.3, 0.4) is 0 Å². The van der Waals surface area contributed by atoms with Crippen LogP contribution in [0.4, 0.5) is 13.2 Å². The van der Waals surface area contributed by atoms with Crippen LogP contribution in [0.1, 0.15) is 23.0 Å². The summed E-state index contributed by atoms with van der Waals surface area (Å²) in [6.07, 6.45) is -5.01.